The summed E-state index contributed by atoms with van der Waals surface area (Å²) in [6.07, 6.45) is 1.32. The highest BCUT2D eigenvalue weighted by atomic mass is 35.5. The van der Waals surface area contributed by atoms with E-state index < -0.39 is 0 Å². The number of halogens is 2. The molecule has 3 rings (SSSR count). The van der Waals surface area contributed by atoms with Crippen molar-refractivity contribution in [3.63, 3.8) is 0 Å². The number of amides is 1. The molecule has 1 saturated heterocycles. The zero-order valence-corrected chi connectivity index (χ0v) is 14.8. The van der Waals surface area contributed by atoms with Crippen molar-refractivity contribution in [1.82, 2.24) is 0 Å². The van der Waals surface area contributed by atoms with Crippen molar-refractivity contribution in [2.45, 2.75) is 12.5 Å². The fourth-order valence-electron chi connectivity index (χ4n) is 2.75. The smallest absolute Gasteiger partial charge is 0.255 e. The number of rotatable bonds is 4. The van der Waals surface area contributed by atoms with E-state index in [4.69, 9.17) is 27.9 Å². The molecule has 0 saturated carbocycles. The van der Waals surface area contributed by atoms with Crippen molar-refractivity contribution >= 4 is 40.5 Å². The molecule has 4 nitrogen and oxygen atoms in total. The molecule has 24 heavy (non-hydrogen) atoms. The lowest BCUT2D eigenvalue weighted by molar-refractivity contribution is 0.102. The van der Waals surface area contributed by atoms with E-state index in [2.05, 4.69) is 10.2 Å². The number of carbonyl (C=O) groups is 1. The van der Waals surface area contributed by atoms with Crippen LogP contribution in [0.5, 0.6) is 0 Å². The van der Waals surface area contributed by atoms with Crippen molar-refractivity contribution in [1.29, 1.82) is 0 Å². The van der Waals surface area contributed by atoms with Gasteiger partial charge in [-0.15, -0.1) is 0 Å². The molecule has 2 aromatic rings. The summed E-state index contributed by atoms with van der Waals surface area (Å²) in [4.78, 5) is 14.5. The fraction of sp³-hybridized carbons (Fsp3) is 0.278. The first kappa shape index (κ1) is 17.1. The van der Waals surface area contributed by atoms with E-state index in [1.807, 2.05) is 24.3 Å². The van der Waals surface area contributed by atoms with Gasteiger partial charge in [0, 0.05) is 37.1 Å². The predicted octanol–water partition coefficient (Wildman–Crippen LogP) is 4.47. The van der Waals surface area contributed by atoms with E-state index in [0.717, 1.165) is 30.9 Å². The van der Waals surface area contributed by atoms with Crippen LogP contribution >= 0.6 is 23.2 Å². The molecule has 0 aromatic heterocycles. The zero-order valence-electron chi connectivity index (χ0n) is 13.3. The molecule has 1 N–H and O–H groups in total. The molecule has 0 aliphatic carbocycles. The molecule has 6 heteroatoms. The van der Waals surface area contributed by atoms with Crippen LogP contribution in [0, 0.1) is 0 Å². The van der Waals surface area contributed by atoms with Crippen LogP contribution in [0.3, 0.4) is 0 Å². The summed E-state index contributed by atoms with van der Waals surface area (Å²) in [6.45, 7) is 1.87. The normalized spacial score (nSPS) is 17.1. The van der Waals surface area contributed by atoms with Gasteiger partial charge in [0.1, 0.15) is 0 Å². The molecule has 1 unspecified atom stereocenters. The number of methoxy groups -OCH3 is 1. The van der Waals surface area contributed by atoms with Gasteiger partial charge in [0.2, 0.25) is 0 Å². The van der Waals surface area contributed by atoms with Gasteiger partial charge in [-0.1, -0.05) is 23.2 Å². The molecule has 1 atom stereocenters. The highest BCUT2D eigenvalue weighted by molar-refractivity contribution is 6.42. The van der Waals surface area contributed by atoms with Crippen LogP contribution in [-0.4, -0.2) is 32.2 Å². The second kappa shape index (κ2) is 7.43. The summed E-state index contributed by atoms with van der Waals surface area (Å²) < 4.78 is 5.39. The molecule has 0 spiro atoms. The van der Waals surface area contributed by atoms with E-state index in [0.29, 0.717) is 21.7 Å². The largest absolute Gasteiger partial charge is 0.380 e. The molecule has 0 bridgehead atoms. The van der Waals surface area contributed by atoms with Crippen LogP contribution in [0.1, 0.15) is 16.8 Å². The van der Waals surface area contributed by atoms with Crippen molar-refractivity contribution in [3.8, 4) is 0 Å². The Balaban J connectivity index is 1.65. The maximum Gasteiger partial charge on any atom is 0.255 e. The molecule has 1 amide bonds. The monoisotopic (exact) mass is 364 g/mol. The molecule has 1 aliphatic heterocycles. The van der Waals surface area contributed by atoms with Crippen LogP contribution in [0.25, 0.3) is 0 Å². The summed E-state index contributed by atoms with van der Waals surface area (Å²) in [5, 5.41) is 3.65. The summed E-state index contributed by atoms with van der Waals surface area (Å²) in [6, 6.07) is 12.6. The molecular weight excluding hydrogens is 347 g/mol. The fourth-order valence-corrected chi connectivity index (χ4v) is 3.05. The topological polar surface area (TPSA) is 41.6 Å². The lowest BCUT2D eigenvalue weighted by Crippen LogP contribution is -2.22. The Kier molecular flexibility index (Phi) is 5.29. The molecule has 1 fully saturated rings. The summed E-state index contributed by atoms with van der Waals surface area (Å²) in [7, 11) is 1.75. The number of nitrogens with one attached hydrogen (secondary N) is 1. The van der Waals surface area contributed by atoms with Crippen LogP contribution in [0.15, 0.2) is 42.5 Å². The first-order valence-electron chi connectivity index (χ1n) is 7.71. The van der Waals surface area contributed by atoms with E-state index >= 15 is 0 Å². The maximum atomic E-state index is 12.3. The second-order valence-electron chi connectivity index (χ2n) is 5.72. The molecule has 1 heterocycles. The van der Waals surface area contributed by atoms with Crippen LogP contribution in [-0.2, 0) is 4.74 Å². The maximum absolute atomic E-state index is 12.3. The Morgan fingerprint density at radius 3 is 2.54 bits per heavy atom. The molecule has 2 aromatic carbocycles. The summed E-state index contributed by atoms with van der Waals surface area (Å²) in [5.74, 6) is -0.220. The number of anilines is 2. The standard InChI is InChI=1S/C18H18Cl2N2O2/c1-24-15-8-9-22(11-15)14-5-3-13(4-6-14)21-18(23)12-2-7-16(19)17(20)10-12/h2-7,10,15H,8-9,11H2,1H3,(H,21,23). The van der Waals surface area contributed by atoms with Crippen molar-refractivity contribution in [2.24, 2.45) is 0 Å². The van der Waals surface area contributed by atoms with Gasteiger partial charge in [0.25, 0.3) is 5.91 Å². The Labute approximate surface area is 151 Å². The predicted molar refractivity (Wildman–Crippen MR) is 98.5 cm³/mol. The Morgan fingerprint density at radius 1 is 1.17 bits per heavy atom. The van der Waals surface area contributed by atoms with Crippen LogP contribution in [0.2, 0.25) is 10.0 Å². The van der Waals surface area contributed by atoms with Crippen molar-refractivity contribution < 1.29 is 9.53 Å². The quantitative estimate of drug-likeness (QED) is 0.869. The Hall–Kier alpha value is -1.75. The highest BCUT2D eigenvalue weighted by Crippen LogP contribution is 2.25. The first-order chi connectivity index (χ1) is 11.6. The van der Waals surface area contributed by atoms with Gasteiger partial charge in [-0.25, -0.2) is 0 Å². The van der Waals surface area contributed by atoms with Gasteiger partial charge in [0.15, 0.2) is 0 Å². The van der Waals surface area contributed by atoms with Gasteiger partial charge in [-0.05, 0) is 48.9 Å². The number of nitrogens with zero attached hydrogens (tertiary/aromatic N) is 1. The van der Waals surface area contributed by atoms with Gasteiger partial charge < -0.3 is 15.0 Å². The molecule has 126 valence electrons. The third-order valence-corrected chi connectivity index (χ3v) is 4.89. The van der Waals surface area contributed by atoms with Gasteiger partial charge >= 0.3 is 0 Å². The van der Waals surface area contributed by atoms with E-state index in [9.17, 15) is 4.79 Å². The van der Waals surface area contributed by atoms with E-state index in [-0.39, 0.29) is 5.91 Å². The lowest BCUT2D eigenvalue weighted by atomic mass is 10.2. The first-order valence-corrected chi connectivity index (χ1v) is 8.46. The highest BCUT2D eigenvalue weighted by Gasteiger charge is 2.22. The van der Waals surface area contributed by atoms with Gasteiger partial charge in [-0.2, -0.15) is 0 Å². The SMILES string of the molecule is COC1CCN(c2ccc(NC(=O)c3ccc(Cl)c(Cl)c3)cc2)C1. The number of benzene rings is 2. The van der Waals surface area contributed by atoms with Crippen LogP contribution in [0.4, 0.5) is 11.4 Å². The van der Waals surface area contributed by atoms with E-state index in [1.165, 1.54) is 0 Å². The third kappa shape index (κ3) is 3.83. The molecule has 0 radical (unpaired) electrons. The van der Waals surface area contributed by atoms with Crippen molar-refractivity contribution in [3.05, 3.63) is 58.1 Å². The number of hydrogen-bond donors (Lipinski definition) is 1. The molecule has 1 aliphatic rings. The summed E-state index contributed by atoms with van der Waals surface area (Å²) in [5.41, 5.74) is 2.33. The van der Waals surface area contributed by atoms with Gasteiger partial charge in [-0.3, -0.25) is 4.79 Å². The molecular formula is C18H18Cl2N2O2. The average molecular weight is 365 g/mol. The second-order valence-corrected chi connectivity index (χ2v) is 6.54. The minimum atomic E-state index is -0.220. The van der Waals surface area contributed by atoms with Gasteiger partial charge in [0.05, 0.1) is 16.1 Å². The minimum Gasteiger partial charge on any atom is -0.380 e. The Morgan fingerprint density at radius 2 is 1.92 bits per heavy atom. The zero-order chi connectivity index (χ0) is 17.1. The number of hydrogen-bond acceptors (Lipinski definition) is 3. The number of carbonyl (C=O) groups excluding carboxylic acids is 1. The summed E-state index contributed by atoms with van der Waals surface area (Å²) >= 11 is 11.8. The Bertz CT molecular complexity index is 734. The lowest BCUT2D eigenvalue weighted by Gasteiger charge is -2.18. The van der Waals surface area contributed by atoms with E-state index in [1.54, 1.807) is 25.3 Å². The van der Waals surface area contributed by atoms with Crippen LogP contribution < -0.4 is 10.2 Å². The van der Waals surface area contributed by atoms with Crippen molar-refractivity contribution in [2.75, 3.05) is 30.4 Å². The third-order valence-electron chi connectivity index (χ3n) is 4.15. The minimum absolute atomic E-state index is 0.220. The average Bonchev–Trinajstić information content (AvgIpc) is 3.07. The number of ether oxygens (including phenoxy) is 1.